The Morgan fingerprint density at radius 2 is 2.18 bits per heavy atom. The number of hydrogen-bond donors (Lipinski definition) is 2. The van der Waals surface area contributed by atoms with E-state index >= 15 is 0 Å². The number of hydrogen-bond acceptors (Lipinski definition) is 2. The Morgan fingerprint density at radius 3 is 2.36 bits per heavy atom. The lowest BCUT2D eigenvalue weighted by Crippen LogP contribution is -2.12. The van der Waals surface area contributed by atoms with E-state index in [1.165, 1.54) is 4.68 Å². The van der Waals surface area contributed by atoms with Crippen LogP contribution in [0.1, 0.15) is 16.1 Å². The molecule has 5 heteroatoms. The van der Waals surface area contributed by atoms with Gasteiger partial charge in [0, 0.05) is 7.05 Å². The Kier molecular flexibility index (Phi) is 1.56. The van der Waals surface area contributed by atoms with E-state index in [9.17, 15) is 9.59 Å². The molecule has 0 unspecified atom stereocenters. The molecule has 0 atom stereocenters. The van der Waals surface area contributed by atoms with Crippen LogP contribution < -0.4 is 5.56 Å². The topological polar surface area (TPSA) is 75.1 Å². The number of H-pyrrole nitrogens is 1. The van der Waals surface area contributed by atoms with Crippen LogP contribution in [0.5, 0.6) is 0 Å². The molecule has 0 radical (unpaired) electrons. The highest BCUT2D eigenvalue weighted by Crippen LogP contribution is 1.98. The molecule has 0 bridgehead atoms. The van der Waals surface area contributed by atoms with Gasteiger partial charge in [0.05, 0.1) is 5.69 Å². The number of aromatic carboxylic acids is 1. The average molecular weight is 156 g/mol. The molecule has 0 aliphatic heterocycles. The third-order valence-corrected chi connectivity index (χ3v) is 1.58. The van der Waals surface area contributed by atoms with Crippen LogP contribution in [-0.2, 0) is 7.05 Å². The van der Waals surface area contributed by atoms with Gasteiger partial charge in [-0.25, -0.2) is 4.79 Å². The summed E-state index contributed by atoms with van der Waals surface area (Å²) in [6.45, 7) is 1.57. The van der Waals surface area contributed by atoms with E-state index in [-0.39, 0.29) is 5.56 Å². The molecule has 11 heavy (non-hydrogen) atoms. The van der Waals surface area contributed by atoms with Gasteiger partial charge in [-0.3, -0.25) is 14.6 Å². The molecule has 1 aromatic rings. The van der Waals surface area contributed by atoms with Gasteiger partial charge >= 0.3 is 5.97 Å². The predicted molar refractivity (Wildman–Crippen MR) is 37.7 cm³/mol. The Labute approximate surface area is 62.3 Å². The van der Waals surface area contributed by atoms with Gasteiger partial charge in [-0.05, 0) is 6.92 Å². The van der Waals surface area contributed by atoms with Gasteiger partial charge in [0.1, 0.15) is 5.56 Å². The second-order valence-corrected chi connectivity index (χ2v) is 2.27. The number of nitrogens with one attached hydrogen (secondary N) is 1. The van der Waals surface area contributed by atoms with Crippen molar-refractivity contribution in [2.24, 2.45) is 7.05 Å². The number of nitrogens with zero attached hydrogens (tertiary/aromatic N) is 1. The molecule has 0 aliphatic carbocycles. The summed E-state index contributed by atoms with van der Waals surface area (Å²) in [7, 11) is 1.59. The van der Waals surface area contributed by atoms with E-state index in [0.717, 1.165) is 0 Å². The summed E-state index contributed by atoms with van der Waals surface area (Å²) in [4.78, 5) is 21.3. The molecular formula is C6H8N2O3. The number of aryl methyl sites for hydroxylation is 1. The van der Waals surface area contributed by atoms with Crippen LogP contribution in [0, 0.1) is 6.92 Å². The third-order valence-electron chi connectivity index (χ3n) is 1.58. The fraction of sp³-hybridized carbons (Fsp3) is 0.333. The second-order valence-electron chi connectivity index (χ2n) is 2.27. The Bertz CT molecular complexity index is 347. The highest BCUT2D eigenvalue weighted by Gasteiger charge is 2.15. The van der Waals surface area contributed by atoms with Crippen molar-refractivity contribution in [3.05, 3.63) is 21.6 Å². The van der Waals surface area contributed by atoms with Crippen molar-refractivity contribution in [1.29, 1.82) is 0 Å². The molecule has 0 fully saturated rings. The molecular weight excluding hydrogens is 148 g/mol. The standard InChI is InChI=1S/C6H8N2O3/c1-3-4(6(10)11)5(9)7-8(3)2/h1-2H3,(H,7,9)(H,10,11). The molecule has 0 amide bonds. The molecule has 0 saturated heterocycles. The first kappa shape index (κ1) is 7.59. The van der Waals surface area contributed by atoms with Gasteiger partial charge in [0.2, 0.25) is 0 Å². The largest absolute Gasteiger partial charge is 0.477 e. The quantitative estimate of drug-likeness (QED) is 0.587. The maximum atomic E-state index is 10.8. The van der Waals surface area contributed by atoms with Crippen LogP contribution in [0.25, 0.3) is 0 Å². The SMILES string of the molecule is Cc1c(C(=O)O)c(=O)[nH]n1C. The summed E-state index contributed by atoms with van der Waals surface area (Å²) in [6.07, 6.45) is 0. The zero-order valence-corrected chi connectivity index (χ0v) is 6.21. The summed E-state index contributed by atoms with van der Waals surface area (Å²) in [6, 6.07) is 0. The number of carboxylic acid groups (broad SMARTS) is 1. The predicted octanol–water partition coefficient (Wildman–Crippen LogP) is -0.280. The normalized spacial score (nSPS) is 10.0. The number of carbonyl (C=O) groups is 1. The lowest BCUT2D eigenvalue weighted by molar-refractivity contribution is 0.0694. The van der Waals surface area contributed by atoms with E-state index in [2.05, 4.69) is 5.10 Å². The van der Waals surface area contributed by atoms with Crippen LogP contribution in [0.3, 0.4) is 0 Å². The van der Waals surface area contributed by atoms with E-state index in [4.69, 9.17) is 5.11 Å². The molecule has 60 valence electrons. The molecule has 5 nitrogen and oxygen atoms in total. The lowest BCUT2D eigenvalue weighted by Gasteiger charge is -1.92. The minimum absolute atomic E-state index is 0.187. The van der Waals surface area contributed by atoms with Gasteiger partial charge in [0.25, 0.3) is 5.56 Å². The van der Waals surface area contributed by atoms with Crippen LogP contribution in [0.4, 0.5) is 0 Å². The zero-order chi connectivity index (χ0) is 8.59. The molecule has 0 aliphatic rings. The number of carboxylic acids is 1. The van der Waals surface area contributed by atoms with Crippen molar-refractivity contribution < 1.29 is 9.90 Å². The molecule has 0 saturated carbocycles. The van der Waals surface area contributed by atoms with E-state index in [0.29, 0.717) is 5.69 Å². The van der Waals surface area contributed by atoms with Crippen molar-refractivity contribution >= 4 is 5.97 Å². The Balaban J connectivity index is 3.46. The molecule has 1 aromatic heterocycles. The summed E-state index contributed by atoms with van der Waals surface area (Å²) in [5.74, 6) is -1.19. The average Bonchev–Trinajstić information content (AvgIpc) is 2.07. The highest BCUT2D eigenvalue weighted by atomic mass is 16.4. The third kappa shape index (κ3) is 1.04. The molecule has 1 heterocycles. The molecule has 1 rings (SSSR count). The number of aromatic nitrogens is 2. The fourth-order valence-corrected chi connectivity index (χ4v) is 0.876. The molecule has 0 aromatic carbocycles. The van der Waals surface area contributed by atoms with Crippen LogP contribution in [0.15, 0.2) is 4.79 Å². The van der Waals surface area contributed by atoms with Crippen molar-refractivity contribution in [3.8, 4) is 0 Å². The highest BCUT2D eigenvalue weighted by molar-refractivity contribution is 5.88. The fourth-order valence-electron chi connectivity index (χ4n) is 0.876. The van der Waals surface area contributed by atoms with Crippen molar-refractivity contribution in [1.82, 2.24) is 9.78 Å². The zero-order valence-electron chi connectivity index (χ0n) is 6.21. The second kappa shape index (κ2) is 2.26. The van der Waals surface area contributed by atoms with Crippen molar-refractivity contribution in [2.45, 2.75) is 6.92 Å². The Morgan fingerprint density at radius 1 is 1.64 bits per heavy atom. The maximum Gasteiger partial charge on any atom is 0.343 e. The first-order chi connectivity index (χ1) is 5.04. The number of rotatable bonds is 1. The van der Waals surface area contributed by atoms with Crippen LogP contribution in [0.2, 0.25) is 0 Å². The van der Waals surface area contributed by atoms with Gasteiger partial charge < -0.3 is 5.11 Å². The molecule has 0 spiro atoms. The van der Waals surface area contributed by atoms with E-state index < -0.39 is 11.5 Å². The Hall–Kier alpha value is -1.52. The summed E-state index contributed by atoms with van der Waals surface area (Å²) in [5.41, 5.74) is -0.312. The molecule has 2 N–H and O–H groups in total. The van der Waals surface area contributed by atoms with E-state index in [1.54, 1.807) is 14.0 Å². The summed E-state index contributed by atoms with van der Waals surface area (Å²) in [5, 5.41) is 10.9. The van der Waals surface area contributed by atoms with Crippen LogP contribution >= 0.6 is 0 Å². The smallest absolute Gasteiger partial charge is 0.343 e. The monoisotopic (exact) mass is 156 g/mol. The van der Waals surface area contributed by atoms with Gasteiger partial charge in [-0.1, -0.05) is 0 Å². The first-order valence-corrected chi connectivity index (χ1v) is 3.03. The minimum atomic E-state index is -1.19. The van der Waals surface area contributed by atoms with Crippen LogP contribution in [-0.4, -0.2) is 20.9 Å². The minimum Gasteiger partial charge on any atom is -0.477 e. The van der Waals surface area contributed by atoms with Crippen molar-refractivity contribution in [3.63, 3.8) is 0 Å². The summed E-state index contributed by atoms with van der Waals surface area (Å²) >= 11 is 0. The van der Waals surface area contributed by atoms with E-state index in [1.807, 2.05) is 0 Å². The number of aromatic amines is 1. The van der Waals surface area contributed by atoms with Crippen molar-refractivity contribution in [2.75, 3.05) is 0 Å². The van der Waals surface area contributed by atoms with Gasteiger partial charge in [0.15, 0.2) is 0 Å². The summed E-state index contributed by atoms with van der Waals surface area (Å²) < 4.78 is 1.38. The van der Waals surface area contributed by atoms with Gasteiger partial charge in [-0.2, -0.15) is 0 Å². The first-order valence-electron chi connectivity index (χ1n) is 3.03. The maximum absolute atomic E-state index is 10.8. The lowest BCUT2D eigenvalue weighted by atomic mass is 10.3. The van der Waals surface area contributed by atoms with Gasteiger partial charge in [-0.15, -0.1) is 0 Å².